The fraction of sp³-hybridized carbons (Fsp3) is 1.00. The maximum atomic E-state index is 11.7. The number of nitrogens with one attached hydrogen (secondary N) is 1. The molecule has 0 saturated carbocycles. The highest BCUT2D eigenvalue weighted by Gasteiger charge is 2.28. The number of likely N-dealkylation sites (N-methyl/N-ethyl adjacent to an activating group) is 2. The first-order chi connectivity index (χ1) is 4.95. The third-order valence-electron chi connectivity index (χ3n) is 1.19. The van der Waals surface area contributed by atoms with Crippen LogP contribution < -0.4 is 5.32 Å². The summed E-state index contributed by atoms with van der Waals surface area (Å²) in [5.74, 6) is 0. The van der Waals surface area contributed by atoms with E-state index in [-0.39, 0.29) is 0 Å². The lowest BCUT2D eigenvalue weighted by Gasteiger charge is -2.17. The van der Waals surface area contributed by atoms with E-state index in [1.165, 1.54) is 11.9 Å². The quantitative estimate of drug-likeness (QED) is 0.668. The van der Waals surface area contributed by atoms with Gasteiger partial charge < -0.3 is 5.32 Å². The molecule has 0 aromatic rings. The maximum Gasteiger partial charge on any atom is 0.401 e. The SMILES string of the molecule is CNCCN(C)CC(F)(F)F. The van der Waals surface area contributed by atoms with Gasteiger partial charge in [0.1, 0.15) is 0 Å². The smallest absolute Gasteiger partial charge is 0.318 e. The van der Waals surface area contributed by atoms with Crippen LogP contribution >= 0.6 is 0 Å². The monoisotopic (exact) mass is 170 g/mol. The molecule has 0 aliphatic heterocycles. The lowest BCUT2D eigenvalue weighted by atomic mass is 10.5. The molecule has 0 fully saturated rings. The molecule has 0 aromatic carbocycles. The lowest BCUT2D eigenvalue weighted by Crippen LogP contribution is -2.35. The van der Waals surface area contributed by atoms with Crippen LogP contribution in [0.2, 0.25) is 0 Å². The van der Waals surface area contributed by atoms with Crippen LogP contribution in [0, 0.1) is 0 Å². The Morgan fingerprint density at radius 2 is 1.91 bits per heavy atom. The van der Waals surface area contributed by atoms with Gasteiger partial charge in [0, 0.05) is 13.1 Å². The molecule has 5 heteroatoms. The molecule has 11 heavy (non-hydrogen) atoms. The second-order valence-corrected chi connectivity index (χ2v) is 2.46. The summed E-state index contributed by atoms with van der Waals surface area (Å²) in [6, 6.07) is 0. The van der Waals surface area contributed by atoms with Crippen molar-refractivity contribution in [3.05, 3.63) is 0 Å². The van der Waals surface area contributed by atoms with Gasteiger partial charge in [-0.15, -0.1) is 0 Å². The number of hydrogen-bond donors (Lipinski definition) is 1. The molecular formula is C6H13F3N2. The molecule has 0 spiro atoms. The van der Waals surface area contributed by atoms with Crippen molar-refractivity contribution in [1.29, 1.82) is 0 Å². The molecule has 0 rings (SSSR count). The minimum absolute atomic E-state index is 0.413. The first-order valence-corrected chi connectivity index (χ1v) is 3.35. The van der Waals surface area contributed by atoms with Gasteiger partial charge in [-0.05, 0) is 14.1 Å². The van der Waals surface area contributed by atoms with E-state index in [1.807, 2.05) is 0 Å². The molecule has 0 saturated heterocycles. The van der Waals surface area contributed by atoms with E-state index < -0.39 is 12.7 Å². The fourth-order valence-electron chi connectivity index (χ4n) is 0.688. The number of rotatable bonds is 4. The molecule has 0 heterocycles. The average Bonchev–Trinajstić information content (AvgIpc) is 1.79. The molecule has 0 aliphatic carbocycles. The van der Waals surface area contributed by atoms with Gasteiger partial charge >= 0.3 is 6.18 Å². The Balaban J connectivity index is 3.44. The van der Waals surface area contributed by atoms with E-state index >= 15 is 0 Å². The van der Waals surface area contributed by atoms with Gasteiger partial charge in [-0.2, -0.15) is 13.2 Å². The van der Waals surface area contributed by atoms with E-state index in [9.17, 15) is 13.2 Å². The summed E-state index contributed by atoms with van der Waals surface area (Å²) in [6.45, 7) is 0.150. The minimum atomic E-state index is -4.08. The molecule has 0 bridgehead atoms. The molecular weight excluding hydrogens is 157 g/mol. The largest absolute Gasteiger partial charge is 0.401 e. The van der Waals surface area contributed by atoms with E-state index in [2.05, 4.69) is 5.32 Å². The molecule has 2 nitrogen and oxygen atoms in total. The van der Waals surface area contributed by atoms with Gasteiger partial charge in [-0.25, -0.2) is 0 Å². The van der Waals surface area contributed by atoms with Crippen molar-refractivity contribution in [2.45, 2.75) is 6.18 Å². The number of nitrogens with zero attached hydrogens (tertiary/aromatic N) is 1. The summed E-state index contributed by atoms with van der Waals surface area (Å²) in [7, 11) is 3.16. The summed E-state index contributed by atoms with van der Waals surface area (Å²) in [6.07, 6.45) is -4.08. The normalized spacial score (nSPS) is 12.5. The van der Waals surface area contributed by atoms with Crippen molar-refractivity contribution in [3.63, 3.8) is 0 Å². The highest BCUT2D eigenvalue weighted by atomic mass is 19.4. The van der Waals surface area contributed by atoms with Gasteiger partial charge in [0.25, 0.3) is 0 Å². The molecule has 0 unspecified atom stereocenters. The Kier molecular flexibility index (Phi) is 4.44. The summed E-state index contributed by atoms with van der Waals surface area (Å²) < 4.78 is 35.0. The van der Waals surface area contributed by atoms with Gasteiger partial charge in [0.15, 0.2) is 0 Å². The van der Waals surface area contributed by atoms with Crippen LogP contribution in [0.5, 0.6) is 0 Å². The summed E-state index contributed by atoms with van der Waals surface area (Å²) in [5, 5.41) is 2.78. The Morgan fingerprint density at radius 1 is 1.36 bits per heavy atom. The number of halogens is 3. The first kappa shape index (κ1) is 10.7. The molecule has 0 aromatic heterocycles. The van der Waals surface area contributed by atoms with Crippen LogP contribution in [-0.4, -0.2) is 44.8 Å². The third kappa shape index (κ3) is 7.61. The van der Waals surface area contributed by atoms with Crippen molar-refractivity contribution in [2.75, 3.05) is 33.7 Å². The Bertz CT molecular complexity index is 102. The van der Waals surface area contributed by atoms with Gasteiger partial charge in [0.05, 0.1) is 6.54 Å². The Morgan fingerprint density at radius 3 is 2.27 bits per heavy atom. The van der Waals surface area contributed by atoms with Crippen molar-refractivity contribution in [1.82, 2.24) is 10.2 Å². The predicted octanol–water partition coefficient (Wildman–Crippen LogP) is 0.700. The Hall–Kier alpha value is -0.290. The summed E-state index contributed by atoms with van der Waals surface area (Å²) in [5.41, 5.74) is 0. The predicted molar refractivity (Wildman–Crippen MR) is 37.5 cm³/mol. The highest BCUT2D eigenvalue weighted by Crippen LogP contribution is 2.14. The van der Waals surface area contributed by atoms with E-state index in [0.29, 0.717) is 13.1 Å². The Labute approximate surface area is 64.4 Å². The molecule has 68 valence electrons. The minimum Gasteiger partial charge on any atom is -0.318 e. The standard InChI is InChI=1S/C6H13F3N2/c1-10-3-4-11(2)5-6(7,8)9/h10H,3-5H2,1-2H3. The second kappa shape index (κ2) is 4.56. The molecule has 1 N–H and O–H groups in total. The van der Waals surface area contributed by atoms with Crippen molar-refractivity contribution < 1.29 is 13.2 Å². The molecule has 0 amide bonds. The highest BCUT2D eigenvalue weighted by molar-refractivity contribution is 4.58. The average molecular weight is 170 g/mol. The van der Waals surface area contributed by atoms with Crippen molar-refractivity contribution in [2.24, 2.45) is 0 Å². The third-order valence-corrected chi connectivity index (χ3v) is 1.19. The fourth-order valence-corrected chi connectivity index (χ4v) is 0.688. The van der Waals surface area contributed by atoms with Crippen LogP contribution in [0.3, 0.4) is 0 Å². The van der Waals surface area contributed by atoms with Crippen LogP contribution in [0.4, 0.5) is 13.2 Å². The zero-order valence-electron chi connectivity index (χ0n) is 6.70. The van der Waals surface area contributed by atoms with Gasteiger partial charge in [0.2, 0.25) is 0 Å². The van der Waals surface area contributed by atoms with E-state index in [4.69, 9.17) is 0 Å². The number of hydrogen-bond acceptors (Lipinski definition) is 2. The first-order valence-electron chi connectivity index (χ1n) is 3.35. The molecule has 0 aliphatic rings. The molecule has 0 radical (unpaired) electrons. The van der Waals surface area contributed by atoms with Gasteiger partial charge in [-0.1, -0.05) is 0 Å². The zero-order valence-corrected chi connectivity index (χ0v) is 6.70. The van der Waals surface area contributed by atoms with Crippen LogP contribution in [-0.2, 0) is 0 Å². The van der Waals surface area contributed by atoms with Crippen LogP contribution in [0.15, 0.2) is 0 Å². The summed E-state index contributed by atoms with van der Waals surface area (Å²) >= 11 is 0. The van der Waals surface area contributed by atoms with Gasteiger partial charge in [-0.3, -0.25) is 4.90 Å². The molecule has 0 atom stereocenters. The topological polar surface area (TPSA) is 15.3 Å². The van der Waals surface area contributed by atoms with Crippen molar-refractivity contribution in [3.8, 4) is 0 Å². The van der Waals surface area contributed by atoms with Crippen LogP contribution in [0.25, 0.3) is 0 Å². The van der Waals surface area contributed by atoms with E-state index in [0.717, 1.165) is 0 Å². The second-order valence-electron chi connectivity index (χ2n) is 2.46. The van der Waals surface area contributed by atoms with Crippen LogP contribution in [0.1, 0.15) is 0 Å². The lowest BCUT2D eigenvalue weighted by molar-refractivity contribution is -0.142. The number of alkyl halides is 3. The summed E-state index contributed by atoms with van der Waals surface area (Å²) in [4.78, 5) is 1.23. The maximum absolute atomic E-state index is 11.7. The zero-order chi connectivity index (χ0) is 8.91. The van der Waals surface area contributed by atoms with Crippen molar-refractivity contribution >= 4 is 0 Å². The van der Waals surface area contributed by atoms with E-state index in [1.54, 1.807) is 7.05 Å².